The van der Waals surface area contributed by atoms with Crippen LogP contribution in [0.3, 0.4) is 0 Å². The van der Waals surface area contributed by atoms with Crippen molar-refractivity contribution in [1.82, 2.24) is 0 Å². The first kappa shape index (κ1) is 38.6. The van der Waals surface area contributed by atoms with Crippen molar-refractivity contribution < 1.29 is 38.9 Å². The molecule has 0 saturated carbocycles. The van der Waals surface area contributed by atoms with Crippen molar-refractivity contribution in [2.75, 3.05) is 24.7 Å². The normalized spacial score (nSPS) is 10.9. The van der Waals surface area contributed by atoms with Gasteiger partial charge in [0, 0.05) is 11.5 Å². The summed E-state index contributed by atoms with van der Waals surface area (Å²) in [5.41, 5.74) is 0. The Morgan fingerprint density at radius 3 is 0.975 bits per heavy atom. The fourth-order valence-corrected chi connectivity index (χ4v) is 6.35. The average molecular weight is 607 g/mol. The number of aliphatic carboxylic acids is 2. The van der Waals surface area contributed by atoms with Crippen LogP contribution in [0.4, 0.5) is 0 Å². The minimum Gasteiger partial charge on any atom is -0.481 e. The molecule has 0 heterocycles. The van der Waals surface area contributed by atoms with Gasteiger partial charge >= 0.3 is 23.9 Å². The highest BCUT2D eigenvalue weighted by Gasteiger charge is 2.07. The molecule has 0 spiro atoms. The summed E-state index contributed by atoms with van der Waals surface area (Å²) in [5.74, 6) is -0.269. The van der Waals surface area contributed by atoms with Gasteiger partial charge in [-0.2, -0.15) is 0 Å². The van der Waals surface area contributed by atoms with Crippen molar-refractivity contribution in [1.29, 1.82) is 0 Å². The second kappa shape index (κ2) is 30.5. The molecule has 0 aliphatic rings. The molecule has 0 aromatic heterocycles. The number of carboxylic acids is 2. The summed E-state index contributed by atoms with van der Waals surface area (Å²) in [7, 11) is 4.04. The standard InChI is InChI=1S/C30H54O8S2/c31-27(32)19-21-29(35)37-23-15-11-7-3-1-5-9-13-17-25-39-40-26-18-14-10-6-2-4-8-12-16-24-38-30(36)22-20-28(33)34/h1-26H2,(H,31,32)(H,33,34). The maximum Gasteiger partial charge on any atom is 0.306 e. The predicted octanol–water partition coefficient (Wildman–Crippen LogP) is 8.21. The summed E-state index contributed by atoms with van der Waals surface area (Å²) in [6.07, 6.45) is 21.2. The lowest BCUT2D eigenvalue weighted by Crippen LogP contribution is -2.08. The second-order valence-electron chi connectivity index (χ2n) is 10.2. The monoisotopic (exact) mass is 606 g/mol. The molecular formula is C30H54O8S2. The van der Waals surface area contributed by atoms with E-state index < -0.39 is 23.9 Å². The van der Waals surface area contributed by atoms with Crippen molar-refractivity contribution in [2.24, 2.45) is 0 Å². The van der Waals surface area contributed by atoms with E-state index >= 15 is 0 Å². The smallest absolute Gasteiger partial charge is 0.306 e. The molecule has 0 amide bonds. The minimum atomic E-state index is -0.969. The fraction of sp³-hybridized carbons (Fsp3) is 0.867. The van der Waals surface area contributed by atoms with Gasteiger partial charge in [-0.15, -0.1) is 0 Å². The SMILES string of the molecule is O=C(O)CCC(=O)OCCCCCCCCCCCSSCCCCCCCCCCCOC(=O)CCC(=O)O. The van der Waals surface area contributed by atoms with E-state index in [1.54, 1.807) is 0 Å². The van der Waals surface area contributed by atoms with Gasteiger partial charge in [0.25, 0.3) is 0 Å². The number of hydrogen-bond donors (Lipinski definition) is 2. The summed E-state index contributed by atoms with van der Waals surface area (Å²) in [4.78, 5) is 43.4. The van der Waals surface area contributed by atoms with Crippen LogP contribution in [0.1, 0.15) is 141 Å². The molecule has 0 saturated heterocycles. The maximum atomic E-state index is 11.3. The summed E-state index contributed by atoms with van der Waals surface area (Å²) in [6, 6.07) is 0. The molecule has 8 nitrogen and oxygen atoms in total. The van der Waals surface area contributed by atoms with E-state index in [2.05, 4.69) is 0 Å². The van der Waals surface area contributed by atoms with Gasteiger partial charge in [0.05, 0.1) is 38.9 Å². The molecule has 0 fully saturated rings. The van der Waals surface area contributed by atoms with Gasteiger partial charge in [-0.1, -0.05) is 111 Å². The topological polar surface area (TPSA) is 127 Å². The zero-order valence-corrected chi connectivity index (χ0v) is 26.2. The lowest BCUT2D eigenvalue weighted by Gasteiger charge is -2.05. The van der Waals surface area contributed by atoms with Crippen molar-refractivity contribution >= 4 is 45.5 Å². The molecule has 0 aliphatic heterocycles. The summed E-state index contributed by atoms with van der Waals surface area (Å²) < 4.78 is 10.1. The third-order valence-corrected chi connectivity index (χ3v) is 9.02. The summed E-state index contributed by atoms with van der Waals surface area (Å²) in [6.45, 7) is 0.805. The number of hydrogen-bond acceptors (Lipinski definition) is 8. The van der Waals surface area contributed by atoms with Crippen molar-refractivity contribution in [3.05, 3.63) is 0 Å². The third-order valence-electron chi connectivity index (χ3n) is 6.44. The van der Waals surface area contributed by atoms with Crippen LogP contribution in [-0.4, -0.2) is 58.8 Å². The van der Waals surface area contributed by atoms with Gasteiger partial charge in [-0.25, -0.2) is 0 Å². The zero-order chi connectivity index (χ0) is 29.5. The first-order valence-electron chi connectivity index (χ1n) is 15.4. The van der Waals surface area contributed by atoms with Gasteiger partial charge in [-0.3, -0.25) is 19.2 Å². The van der Waals surface area contributed by atoms with Crippen LogP contribution in [0.2, 0.25) is 0 Å². The lowest BCUT2D eigenvalue weighted by atomic mass is 10.1. The van der Waals surface area contributed by atoms with E-state index in [4.69, 9.17) is 19.7 Å². The molecule has 0 atom stereocenters. The molecule has 0 bridgehead atoms. The minimum absolute atomic E-state index is 0.0395. The van der Waals surface area contributed by atoms with Crippen molar-refractivity contribution in [3.63, 3.8) is 0 Å². The van der Waals surface area contributed by atoms with E-state index in [9.17, 15) is 19.2 Å². The van der Waals surface area contributed by atoms with E-state index in [0.717, 1.165) is 25.7 Å². The number of carbonyl (C=O) groups is 4. The fourth-order valence-electron chi connectivity index (χ4n) is 4.05. The molecule has 0 aromatic carbocycles. The number of unbranched alkanes of at least 4 members (excludes halogenated alkanes) is 16. The van der Waals surface area contributed by atoms with Gasteiger partial charge in [-0.05, 0) is 25.7 Å². The van der Waals surface area contributed by atoms with Crippen LogP contribution in [0.5, 0.6) is 0 Å². The molecular weight excluding hydrogens is 552 g/mol. The highest BCUT2D eigenvalue weighted by atomic mass is 33.1. The van der Waals surface area contributed by atoms with Gasteiger partial charge in [0.2, 0.25) is 0 Å². The molecule has 0 radical (unpaired) electrons. The Morgan fingerprint density at radius 2 is 0.675 bits per heavy atom. The third kappa shape index (κ3) is 32.8. The number of carbonyl (C=O) groups excluding carboxylic acids is 2. The summed E-state index contributed by atoms with van der Waals surface area (Å²) >= 11 is 0. The van der Waals surface area contributed by atoms with E-state index in [-0.39, 0.29) is 25.7 Å². The van der Waals surface area contributed by atoms with Gasteiger partial charge in [0.1, 0.15) is 0 Å². The Bertz CT molecular complexity index is 591. The molecule has 234 valence electrons. The molecule has 0 unspecified atom stereocenters. The molecule has 0 rings (SSSR count). The van der Waals surface area contributed by atoms with E-state index in [1.807, 2.05) is 21.6 Å². The highest BCUT2D eigenvalue weighted by Crippen LogP contribution is 2.25. The molecule has 40 heavy (non-hydrogen) atoms. The molecule has 0 aromatic rings. The first-order chi connectivity index (χ1) is 19.4. The van der Waals surface area contributed by atoms with Crippen molar-refractivity contribution in [2.45, 2.75) is 141 Å². The molecule has 2 N–H and O–H groups in total. The largest absolute Gasteiger partial charge is 0.481 e. The van der Waals surface area contributed by atoms with Gasteiger partial charge in [0.15, 0.2) is 0 Å². The Hall–Kier alpha value is -1.42. The molecule has 10 heteroatoms. The Labute approximate surface area is 249 Å². The van der Waals surface area contributed by atoms with Crippen LogP contribution in [0, 0.1) is 0 Å². The Kier molecular flexibility index (Phi) is 29.5. The van der Waals surface area contributed by atoms with Crippen LogP contribution < -0.4 is 0 Å². The quantitative estimate of drug-likeness (QED) is 0.0453. The van der Waals surface area contributed by atoms with E-state index in [0.29, 0.717) is 13.2 Å². The van der Waals surface area contributed by atoms with Crippen LogP contribution >= 0.6 is 21.6 Å². The van der Waals surface area contributed by atoms with Gasteiger partial charge < -0.3 is 19.7 Å². The Morgan fingerprint density at radius 1 is 0.400 bits per heavy atom. The zero-order valence-electron chi connectivity index (χ0n) is 24.5. The number of ether oxygens (including phenoxy) is 2. The van der Waals surface area contributed by atoms with Crippen molar-refractivity contribution in [3.8, 4) is 0 Å². The first-order valence-corrected chi connectivity index (χ1v) is 17.9. The lowest BCUT2D eigenvalue weighted by molar-refractivity contribution is -0.147. The summed E-state index contributed by atoms with van der Waals surface area (Å²) in [5, 5.41) is 17.1. The Balaban J connectivity index is 3.14. The maximum absolute atomic E-state index is 11.3. The predicted molar refractivity (Wildman–Crippen MR) is 164 cm³/mol. The van der Waals surface area contributed by atoms with E-state index in [1.165, 1.54) is 101 Å². The number of carboxylic acid groups (broad SMARTS) is 2. The van der Waals surface area contributed by atoms with Crippen LogP contribution in [0.25, 0.3) is 0 Å². The number of rotatable bonds is 31. The second-order valence-corrected chi connectivity index (χ2v) is 12.9. The highest BCUT2D eigenvalue weighted by molar-refractivity contribution is 8.76. The number of esters is 2. The van der Waals surface area contributed by atoms with Crippen LogP contribution in [-0.2, 0) is 28.7 Å². The molecule has 0 aliphatic carbocycles. The average Bonchev–Trinajstić information content (AvgIpc) is 2.92. The van der Waals surface area contributed by atoms with Crippen LogP contribution in [0.15, 0.2) is 0 Å².